The smallest absolute Gasteiger partial charge is 0.267 e. The third kappa shape index (κ3) is 2.61. The molecule has 0 saturated heterocycles. The van der Waals surface area contributed by atoms with Gasteiger partial charge in [0.25, 0.3) is 5.91 Å². The van der Waals surface area contributed by atoms with Gasteiger partial charge < -0.3 is 31.3 Å². The molecule has 0 aliphatic heterocycles. The average molecular weight is 210 g/mol. The van der Waals surface area contributed by atoms with Crippen molar-refractivity contribution in [3.63, 3.8) is 0 Å². The molecule has 0 spiro atoms. The number of hydrogen-bond acceptors (Lipinski definition) is 7. The summed E-state index contributed by atoms with van der Waals surface area (Å²) in [7, 11) is 0. The summed E-state index contributed by atoms with van der Waals surface area (Å²) in [5, 5.41) is 44.5. The highest BCUT2D eigenvalue weighted by atomic mass is 16.4. The minimum Gasteiger partial charge on any atom is -0.394 e. The fourth-order valence-corrected chi connectivity index (χ4v) is 0.725. The summed E-state index contributed by atoms with van der Waals surface area (Å²) in [4.78, 5) is 10.5. The first-order valence-electron chi connectivity index (χ1n) is 3.71. The van der Waals surface area contributed by atoms with Crippen LogP contribution in [0.4, 0.5) is 0 Å². The Balaban J connectivity index is 4.60. The maximum Gasteiger partial charge on any atom is 0.267 e. The van der Waals surface area contributed by atoms with Gasteiger partial charge >= 0.3 is 0 Å². The van der Waals surface area contributed by atoms with Gasteiger partial charge in [-0.15, -0.1) is 0 Å². The predicted octanol–water partition coefficient (Wildman–Crippen LogP) is -4.81. The van der Waals surface area contributed by atoms with Crippen LogP contribution in [-0.2, 0) is 4.79 Å². The largest absolute Gasteiger partial charge is 0.394 e. The molecular formula is C6H14N2O6. The zero-order chi connectivity index (χ0) is 11.5. The number of nitrogens with two attached hydrogens (primary N) is 2. The predicted molar refractivity (Wildman–Crippen MR) is 43.4 cm³/mol. The summed E-state index contributed by atoms with van der Waals surface area (Å²) >= 11 is 0. The van der Waals surface area contributed by atoms with E-state index in [-0.39, 0.29) is 0 Å². The van der Waals surface area contributed by atoms with E-state index < -0.39 is 36.6 Å². The highest BCUT2D eigenvalue weighted by Crippen LogP contribution is 2.10. The van der Waals surface area contributed by atoms with Crippen LogP contribution in [0.3, 0.4) is 0 Å². The van der Waals surface area contributed by atoms with Gasteiger partial charge in [-0.05, 0) is 0 Å². The minimum atomic E-state index is -2.87. The molecule has 8 heteroatoms. The van der Waals surface area contributed by atoms with Gasteiger partial charge in [-0.1, -0.05) is 0 Å². The molecule has 1 amide bonds. The Labute approximate surface area is 79.4 Å². The molecule has 9 N–H and O–H groups in total. The van der Waals surface area contributed by atoms with Crippen LogP contribution >= 0.6 is 0 Å². The molecule has 0 heterocycles. The summed E-state index contributed by atoms with van der Waals surface area (Å²) in [6.45, 7) is -0.868. The van der Waals surface area contributed by atoms with Crippen LogP contribution in [0, 0.1) is 0 Å². The van der Waals surface area contributed by atoms with Gasteiger partial charge in [0.05, 0.1) is 6.61 Å². The van der Waals surface area contributed by atoms with Crippen molar-refractivity contribution in [3.8, 4) is 0 Å². The van der Waals surface area contributed by atoms with Gasteiger partial charge in [-0.3, -0.25) is 10.5 Å². The molecule has 0 aliphatic carbocycles. The van der Waals surface area contributed by atoms with E-state index in [0.29, 0.717) is 0 Å². The van der Waals surface area contributed by atoms with Crippen LogP contribution in [-0.4, -0.2) is 62.1 Å². The van der Waals surface area contributed by atoms with Crippen molar-refractivity contribution in [1.82, 2.24) is 0 Å². The maximum absolute atomic E-state index is 10.5. The Morgan fingerprint density at radius 1 is 1.36 bits per heavy atom. The molecule has 0 fully saturated rings. The van der Waals surface area contributed by atoms with E-state index >= 15 is 0 Å². The standard InChI is InChI=1S/C6H14N2O6/c7-5(13)6(8,14)4(12)3(11)2(10)1-9/h2-4,9-12,14H,1,8H2,(H2,7,13)/t2?,3?,4?,6-/m1/s1. The molecule has 0 aliphatic rings. The molecule has 8 nitrogen and oxygen atoms in total. The van der Waals surface area contributed by atoms with Crippen molar-refractivity contribution < 1.29 is 30.3 Å². The highest BCUT2D eigenvalue weighted by molar-refractivity contribution is 5.83. The molecule has 0 aromatic heterocycles. The first-order chi connectivity index (χ1) is 6.25. The minimum absolute atomic E-state index is 0.868. The number of amides is 1. The Morgan fingerprint density at radius 2 is 1.79 bits per heavy atom. The van der Waals surface area contributed by atoms with Gasteiger partial charge in [-0.25, -0.2) is 0 Å². The first-order valence-corrected chi connectivity index (χ1v) is 3.71. The molecule has 0 rings (SSSR count). The number of primary amides is 1. The van der Waals surface area contributed by atoms with Gasteiger partial charge in [0, 0.05) is 0 Å². The second-order valence-corrected chi connectivity index (χ2v) is 2.87. The van der Waals surface area contributed by atoms with Crippen LogP contribution in [0.5, 0.6) is 0 Å². The van der Waals surface area contributed by atoms with E-state index in [1.165, 1.54) is 0 Å². The van der Waals surface area contributed by atoms with Gasteiger partial charge in [0.1, 0.15) is 18.3 Å². The van der Waals surface area contributed by atoms with Crippen molar-refractivity contribution >= 4 is 5.91 Å². The van der Waals surface area contributed by atoms with Crippen LogP contribution < -0.4 is 11.5 Å². The van der Waals surface area contributed by atoms with E-state index in [1.807, 2.05) is 0 Å². The van der Waals surface area contributed by atoms with E-state index in [1.54, 1.807) is 0 Å². The fourth-order valence-electron chi connectivity index (χ4n) is 0.725. The lowest BCUT2D eigenvalue weighted by Crippen LogP contribution is -2.65. The molecule has 84 valence electrons. The lowest BCUT2D eigenvalue weighted by Gasteiger charge is -2.30. The second kappa shape index (κ2) is 4.64. The molecule has 0 bridgehead atoms. The summed E-state index contributed by atoms with van der Waals surface area (Å²) < 4.78 is 0. The van der Waals surface area contributed by atoms with Crippen LogP contribution in [0.25, 0.3) is 0 Å². The molecule has 4 atom stereocenters. The van der Waals surface area contributed by atoms with E-state index in [0.717, 1.165) is 0 Å². The zero-order valence-corrected chi connectivity index (χ0v) is 7.24. The highest BCUT2D eigenvalue weighted by Gasteiger charge is 2.44. The quantitative estimate of drug-likeness (QED) is 0.223. The Bertz CT molecular complexity index is 208. The summed E-state index contributed by atoms with van der Waals surface area (Å²) in [5.74, 6) is -1.46. The lowest BCUT2D eigenvalue weighted by molar-refractivity contribution is -0.172. The van der Waals surface area contributed by atoms with Crippen molar-refractivity contribution in [1.29, 1.82) is 0 Å². The third-order valence-corrected chi connectivity index (χ3v) is 1.75. The molecule has 0 saturated carbocycles. The normalized spacial score (nSPS) is 22.1. The lowest BCUT2D eigenvalue weighted by atomic mass is 9.98. The van der Waals surface area contributed by atoms with Crippen molar-refractivity contribution in [3.05, 3.63) is 0 Å². The molecule has 14 heavy (non-hydrogen) atoms. The Kier molecular flexibility index (Phi) is 4.39. The topological polar surface area (TPSA) is 170 Å². The Hall–Kier alpha value is -0.770. The number of carbonyl (C=O) groups is 1. The average Bonchev–Trinajstić information content (AvgIpc) is 2.13. The molecule has 0 aromatic rings. The van der Waals surface area contributed by atoms with Crippen molar-refractivity contribution in [2.75, 3.05) is 6.61 Å². The first kappa shape index (κ1) is 13.2. The monoisotopic (exact) mass is 210 g/mol. The third-order valence-electron chi connectivity index (χ3n) is 1.75. The number of aliphatic hydroxyl groups excluding tert-OH is 4. The number of rotatable bonds is 5. The molecule has 0 aromatic carbocycles. The Morgan fingerprint density at radius 3 is 2.07 bits per heavy atom. The summed E-state index contributed by atoms with van der Waals surface area (Å²) in [6.07, 6.45) is -5.91. The molecular weight excluding hydrogens is 196 g/mol. The summed E-state index contributed by atoms with van der Waals surface area (Å²) in [5.41, 5.74) is 6.63. The van der Waals surface area contributed by atoms with Gasteiger partial charge in [-0.2, -0.15) is 0 Å². The van der Waals surface area contributed by atoms with Crippen molar-refractivity contribution in [2.45, 2.75) is 24.0 Å². The van der Waals surface area contributed by atoms with Gasteiger partial charge in [0.2, 0.25) is 5.72 Å². The SMILES string of the molecule is NC(=O)[C@](N)(O)C(O)C(O)C(O)CO. The summed E-state index contributed by atoms with van der Waals surface area (Å²) in [6, 6.07) is 0. The number of carbonyl (C=O) groups excluding carboxylic acids is 1. The van der Waals surface area contributed by atoms with Crippen LogP contribution in [0.1, 0.15) is 0 Å². The van der Waals surface area contributed by atoms with Gasteiger partial charge in [0.15, 0.2) is 0 Å². The maximum atomic E-state index is 10.5. The van der Waals surface area contributed by atoms with Crippen LogP contribution in [0.15, 0.2) is 0 Å². The number of hydrogen-bond donors (Lipinski definition) is 7. The van der Waals surface area contributed by atoms with Crippen LogP contribution in [0.2, 0.25) is 0 Å². The van der Waals surface area contributed by atoms with Crippen molar-refractivity contribution in [2.24, 2.45) is 11.5 Å². The number of aliphatic hydroxyl groups is 5. The fraction of sp³-hybridized carbons (Fsp3) is 0.833. The van der Waals surface area contributed by atoms with E-state index in [4.69, 9.17) is 31.3 Å². The second-order valence-electron chi connectivity index (χ2n) is 2.87. The van der Waals surface area contributed by atoms with E-state index in [9.17, 15) is 4.79 Å². The molecule has 0 radical (unpaired) electrons. The van der Waals surface area contributed by atoms with E-state index in [2.05, 4.69) is 5.73 Å². The molecule has 3 unspecified atom stereocenters. The zero-order valence-electron chi connectivity index (χ0n) is 7.24.